The molecular formula is C16H21N3O. The second-order valence-electron chi connectivity index (χ2n) is 5.10. The number of nitrogens with zero attached hydrogens (tertiary/aromatic N) is 2. The molecule has 0 aliphatic heterocycles. The number of hydrogen-bond donors (Lipinski definition) is 1. The van der Waals surface area contributed by atoms with Crippen molar-refractivity contribution in [2.45, 2.75) is 27.2 Å². The van der Waals surface area contributed by atoms with Gasteiger partial charge in [0.1, 0.15) is 0 Å². The summed E-state index contributed by atoms with van der Waals surface area (Å²) in [6.45, 7) is 6.50. The van der Waals surface area contributed by atoms with Crippen molar-refractivity contribution in [3.63, 3.8) is 0 Å². The molecule has 0 atom stereocenters. The summed E-state index contributed by atoms with van der Waals surface area (Å²) in [6.07, 6.45) is 0.844. The lowest BCUT2D eigenvalue weighted by molar-refractivity contribution is 0.0953. The SMILES string of the molecule is Cc1ccccc1CCNC(=O)c1c(C)nn(C)c1C. The molecule has 0 radical (unpaired) electrons. The summed E-state index contributed by atoms with van der Waals surface area (Å²) < 4.78 is 1.74. The van der Waals surface area contributed by atoms with E-state index in [2.05, 4.69) is 29.5 Å². The zero-order chi connectivity index (χ0) is 14.7. The third-order valence-corrected chi connectivity index (χ3v) is 3.68. The molecule has 4 heteroatoms. The van der Waals surface area contributed by atoms with Gasteiger partial charge in [0.2, 0.25) is 0 Å². The largest absolute Gasteiger partial charge is 0.352 e. The summed E-state index contributed by atoms with van der Waals surface area (Å²) in [7, 11) is 1.85. The van der Waals surface area contributed by atoms with Gasteiger partial charge >= 0.3 is 0 Å². The van der Waals surface area contributed by atoms with Crippen molar-refractivity contribution in [3.05, 3.63) is 52.3 Å². The third-order valence-electron chi connectivity index (χ3n) is 3.68. The Morgan fingerprint density at radius 1 is 1.25 bits per heavy atom. The van der Waals surface area contributed by atoms with E-state index in [1.54, 1.807) is 4.68 Å². The number of aromatic nitrogens is 2. The van der Waals surface area contributed by atoms with Crippen LogP contribution < -0.4 is 5.32 Å². The van der Waals surface area contributed by atoms with Gasteiger partial charge in [0.25, 0.3) is 5.91 Å². The van der Waals surface area contributed by atoms with E-state index in [1.165, 1.54) is 11.1 Å². The zero-order valence-corrected chi connectivity index (χ0v) is 12.5. The summed E-state index contributed by atoms with van der Waals surface area (Å²) in [6, 6.07) is 8.24. The van der Waals surface area contributed by atoms with E-state index >= 15 is 0 Å². The maximum absolute atomic E-state index is 12.2. The van der Waals surface area contributed by atoms with Crippen molar-refractivity contribution in [2.24, 2.45) is 7.05 Å². The second-order valence-corrected chi connectivity index (χ2v) is 5.10. The Morgan fingerprint density at radius 3 is 2.55 bits per heavy atom. The van der Waals surface area contributed by atoms with Gasteiger partial charge in [-0.2, -0.15) is 5.10 Å². The molecule has 0 aliphatic carbocycles. The molecular weight excluding hydrogens is 250 g/mol. The van der Waals surface area contributed by atoms with Gasteiger partial charge in [-0.25, -0.2) is 0 Å². The van der Waals surface area contributed by atoms with Crippen molar-refractivity contribution in [3.8, 4) is 0 Å². The molecule has 0 saturated heterocycles. The summed E-state index contributed by atoms with van der Waals surface area (Å²) in [5, 5.41) is 7.25. The molecule has 0 bridgehead atoms. The fourth-order valence-electron chi connectivity index (χ4n) is 2.39. The van der Waals surface area contributed by atoms with E-state index in [-0.39, 0.29) is 5.91 Å². The first kappa shape index (κ1) is 14.3. The highest BCUT2D eigenvalue weighted by Gasteiger charge is 2.16. The molecule has 0 saturated carbocycles. The van der Waals surface area contributed by atoms with Crippen LogP contribution >= 0.6 is 0 Å². The number of hydrogen-bond acceptors (Lipinski definition) is 2. The Bertz CT molecular complexity index is 629. The van der Waals surface area contributed by atoms with Crippen molar-refractivity contribution >= 4 is 5.91 Å². The topological polar surface area (TPSA) is 46.9 Å². The van der Waals surface area contributed by atoms with Gasteiger partial charge in [-0.05, 0) is 38.3 Å². The van der Waals surface area contributed by atoms with Crippen LogP contribution in [0.15, 0.2) is 24.3 Å². The van der Waals surface area contributed by atoms with Crippen LogP contribution in [0.25, 0.3) is 0 Å². The van der Waals surface area contributed by atoms with E-state index in [0.717, 1.165) is 17.8 Å². The molecule has 2 aromatic rings. The van der Waals surface area contributed by atoms with Gasteiger partial charge in [0.05, 0.1) is 11.3 Å². The number of benzene rings is 1. The van der Waals surface area contributed by atoms with Crippen LogP contribution in [-0.2, 0) is 13.5 Å². The average molecular weight is 271 g/mol. The van der Waals surface area contributed by atoms with Crippen molar-refractivity contribution in [2.75, 3.05) is 6.54 Å². The molecule has 1 amide bonds. The van der Waals surface area contributed by atoms with Gasteiger partial charge in [-0.15, -0.1) is 0 Å². The lowest BCUT2D eigenvalue weighted by Crippen LogP contribution is -2.26. The highest BCUT2D eigenvalue weighted by atomic mass is 16.1. The molecule has 0 fully saturated rings. The predicted molar refractivity (Wildman–Crippen MR) is 79.9 cm³/mol. The molecule has 0 unspecified atom stereocenters. The Kier molecular flexibility index (Phi) is 4.23. The van der Waals surface area contributed by atoms with Gasteiger partial charge in [0.15, 0.2) is 0 Å². The lowest BCUT2D eigenvalue weighted by Gasteiger charge is -2.07. The minimum atomic E-state index is -0.0401. The van der Waals surface area contributed by atoms with Crippen LogP contribution in [0.5, 0.6) is 0 Å². The molecule has 1 aromatic heterocycles. The van der Waals surface area contributed by atoms with Crippen molar-refractivity contribution in [1.29, 1.82) is 0 Å². The normalized spacial score (nSPS) is 10.6. The highest BCUT2D eigenvalue weighted by Crippen LogP contribution is 2.12. The quantitative estimate of drug-likeness (QED) is 0.927. The molecule has 1 aromatic carbocycles. The van der Waals surface area contributed by atoms with Crippen molar-refractivity contribution in [1.82, 2.24) is 15.1 Å². The summed E-state index contributed by atoms with van der Waals surface area (Å²) >= 11 is 0. The van der Waals surface area contributed by atoms with E-state index in [0.29, 0.717) is 12.1 Å². The van der Waals surface area contributed by atoms with E-state index in [1.807, 2.05) is 33.0 Å². The monoisotopic (exact) mass is 271 g/mol. The van der Waals surface area contributed by atoms with Crippen LogP contribution in [0, 0.1) is 20.8 Å². The number of aryl methyl sites for hydroxylation is 3. The summed E-state index contributed by atoms with van der Waals surface area (Å²) in [5.74, 6) is -0.0401. The van der Waals surface area contributed by atoms with E-state index < -0.39 is 0 Å². The standard InChI is InChI=1S/C16H21N3O/c1-11-7-5-6-8-14(11)9-10-17-16(20)15-12(2)18-19(4)13(15)3/h5-8H,9-10H2,1-4H3,(H,17,20). The molecule has 20 heavy (non-hydrogen) atoms. The lowest BCUT2D eigenvalue weighted by atomic mass is 10.1. The van der Waals surface area contributed by atoms with Gasteiger partial charge < -0.3 is 5.32 Å². The molecule has 2 rings (SSSR count). The van der Waals surface area contributed by atoms with Crippen LogP contribution in [0.2, 0.25) is 0 Å². The smallest absolute Gasteiger partial charge is 0.255 e. The maximum Gasteiger partial charge on any atom is 0.255 e. The zero-order valence-electron chi connectivity index (χ0n) is 12.5. The fraction of sp³-hybridized carbons (Fsp3) is 0.375. The first-order valence-electron chi connectivity index (χ1n) is 6.83. The number of rotatable bonds is 4. The van der Waals surface area contributed by atoms with Crippen LogP contribution in [0.4, 0.5) is 0 Å². The first-order chi connectivity index (χ1) is 9.50. The highest BCUT2D eigenvalue weighted by molar-refractivity contribution is 5.96. The maximum atomic E-state index is 12.2. The second kappa shape index (κ2) is 5.90. The van der Waals surface area contributed by atoms with E-state index in [4.69, 9.17) is 0 Å². The van der Waals surface area contributed by atoms with Crippen molar-refractivity contribution < 1.29 is 4.79 Å². The molecule has 0 aliphatic rings. The Balaban J connectivity index is 1.98. The van der Waals surface area contributed by atoms with Gasteiger partial charge in [-0.3, -0.25) is 9.48 Å². The molecule has 1 N–H and O–H groups in total. The Hall–Kier alpha value is -2.10. The predicted octanol–water partition coefficient (Wildman–Crippen LogP) is 2.32. The molecule has 4 nitrogen and oxygen atoms in total. The van der Waals surface area contributed by atoms with Crippen LogP contribution in [-0.4, -0.2) is 22.2 Å². The Morgan fingerprint density at radius 2 is 1.95 bits per heavy atom. The first-order valence-corrected chi connectivity index (χ1v) is 6.83. The van der Waals surface area contributed by atoms with Gasteiger partial charge in [0, 0.05) is 19.3 Å². The molecule has 106 valence electrons. The number of nitrogens with one attached hydrogen (secondary N) is 1. The average Bonchev–Trinajstić information content (AvgIpc) is 2.65. The molecule has 0 spiro atoms. The summed E-state index contributed by atoms with van der Waals surface area (Å²) in [4.78, 5) is 12.2. The minimum absolute atomic E-state index is 0.0401. The van der Waals surface area contributed by atoms with Crippen LogP contribution in [0.1, 0.15) is 32.9 Å². The number of amides is 1. The third kappa shape index (κ3) is 2.90. The van der Waals surface area contributed by atoms with Gasteiger partial charge in [-0.1, -0.05) is 24.3 Å². The number of carbonyl (C=O) groups excluding carboxylic acids is 1. The molecule has 1 heterocycles. The number of carbonyl (C=O) groups is 1. The van der Waals surface area contributed by atoms with E-state index in [9.17, 15) is 4.79 Å². The Labute approximate surface area is 119 Å². The van der Waals surface area contributed by atoms with Crippen LogP contribution in [0.3, 0.4) is 0 Å². The minimum Gasteiger partial charge on any atom is -0.352 e. The fourth-order valence-corrected chi connectivity index (χ4v) is 2.39. The summed E-state index contributed by atoms with van der Waals surface area (Å²) in [5.41, 5.74) is 4.90.